The van der Waals surface area contributed by atoms with Gasteiger partial charge in [-0.1, -0.05) is 32.9 Å². The first-order valence-corrected chi connectivity index (χ1v) is 8.57. The molecular weight excluding hydrogens is 254 g/mol. The zero-order valence-electron chi connectivity index (χ0n) is 12.2. The Morgan fingerprint density at radius 3 is 2.53 bits per heavy atom. The third-order valence-electron chi connectivity index (χ3n) is 3.96. The summed E-state index contributed by atoms with van der Waals surface area (Å²) < 4.78 is 12.6. The molecule has 1 fully saturated rings. The standard InChI is InChI=1S/C16H25NOS/c1-4-17-14-7-10-16(11-14)19(18)15-8-5-13(6-9-15)12(2)3/h5-6,8-9,12,14,16-17H,4,7,10-11H2,1-3H3. The second-order valence-electron chi connectivity index (χ2n) is 5.71. The van der Waals surface area contributed by atoms with Crippen molar-refractivity contribution in [1.82, 2.24) is 5.32 Å². The number of benzene rings is 1. The molecule has 1 N–H and O–H groups in total. The lowest BCUT2D eigenvalue weighted by atomic mass is 10.0. The average molecular weight is 279 g/mol. The maximum absolute atomic E-state index is 12.6. The van der Waals surface area contributed by atoms with Crippen LogP contribution in [0.1, 0.15) is 51.5 Å². The van der Waals surface area contributed by atoms with E-state index in [0.29, 0.717) is 17.2 Å². The molecule has 1 aromatic rings. The molecule has 106 valence electrons. The number of hydrogen-bond donors (Lipinski definition) is 1. The van der Waals surface area contributed by atoms with Crippen molar-refractivity contribution in [3.8, 4) is 0 Å². The van der Waals surface area contributed by atoms with Gasteiger partial charge in [-0.25, -0.2) is 0 Å². The Hall–Kier alpha value is -0.670. The Balaban J connectivity index is 2.00. The van der Waals surface area contributed by atoms with Crippen molar-refractivity contribution < 1.29 is 4.21 Å². The van der Waals surface area contributed by atoms with Crippen LogP contribution in [0.25, 0.3) is 0 Å². The molecule has 3 heteroatoms. The van der Waals surface area contributed by atoms with Gasteiger partial charge in [-0.05, 0) is 49.4 Å². The van der Waals surface area contributed by atoms with Gasteiger partial charge in [0.2, 0.25) is 0 Å². The highest BCUT2D eigenvalue weighted by atomic mass is 32.2. The van der Waals surface area contributed by atoms with Crippen molar-refractivity contribution in [2.24, 2.45) is 0 Å². The Labute approximate surface area is 119 Å². The SMILES string of the molecule is CCNC1CCC(S(=O)c2ccc(C(C)C)cc2)C1. The van der Waals surface area contributed by atoms with Crippen LogP contribution in [0.15, 0.2) is 29.2 Å². The maximum atomic E-state index is 12.6. The van der Waals surface area contributed by atoms with Gasteiger partial charge in [0, 0.05) is 16.2 Å². The van der Waals surface area contributed by atoms with Crippen LogP contribution >= 0.6 is 0 Å². The molecule has 1 aromatic carbocycles. The van der Waals surface area contributed by atoms with E-state index in [1.807, 2.05) is 12.1 Å². The van der Waals surface area contributed by atoms with Gasteiger partial charge in [0.15, 0.2) is 0 Å². The van der Waals surface area contributed by atoms with Crippen molar-refractivity contribution in [3.63, 3.8) is 0 Å². The number of nitrogens with one attached hydrogen (secondary N) is 1. The minimum Gasteiger partial charge on any atom is -0.314 e. The molecule has 0 aromatic heterocycles. The highest BCUT2D eigenvalue weighted by Crippen LogP contribution is 2.28. The van der Waals surface area contributed by atoms with Crippen molar-refractivity contribution in [2.75, 3.05) is 6.54 Å². The summed E-state index contributed by atoms with van der Waals surface area (Å²) in [6.07, 6.45) is 3.29. The lowest BCUT2D eigenvalue weighted by Crippen LogP contribution is -2.27. The number of hydrogen-bond acceptors (Lipinski definition) is 2. The van der Waals surface area contributed by atoms with Crippen LogP contribution in [0.2, 0.25) is 0 Å². The van der Waals surface area contributed by atoms with Gasteiger partial charge in [-0.2, -0.15) is 0 Å². The van der Waals surface area contributed by atoms with E-state index in [0.717, 1.165) is 30.7 Å². The average Bonchev–Trinajstić information content (AvgIpc) is 2.87. The summed E-state index contributed by atoms with van der Waals surface area (Å²) in [4.78, 5) is 0.992. The molecule has 2 nitrogen and oxygen atoms in total. The van der Waals surface area contributed by atoms with Gasteiger partial charge < -0.3 is 5.32 Å². The van der Waals surface area contributed by atoms with Crippen LogP contribution in [-0.4, -0.2) is 22.0 Å². The number of rotatable bonds is 5. The highest BCUT2D eigenvalue weighted by Gasteiger charge is 2.29. The molecule has 3 unspecified atom stereocenters. The van der Waals surface area contributed by atoms with Gasteiger partial charge in [0.25, 0.3) is 0 Å². The summed E-state index contributed by atoms with van der Waals surface area (Å²) in [5.41, 5.74) is 1.32. The van der Waals surface area contributed by atoms with Gasteiger partial charge >= 0.3 is 0 Å². The topological polar surface area (TPSA) is 29.1 Å². The largest absolute Gasteiger partial charge is 0.314 e. The molecule has 0 radical (unpaired) electrons. The minimum absolute atomic E-state index is 0.328. The van der Waals surface area contributed by atoms with E-state index in [2.05, 4.69) is 38.2 Å². The minimum atomic E-state index is -0.845. The molecule has 3 atom stereocenters. The van der Waals surface area contributed by atoms with Gasteiger partial charge in [0.1, 0.15) is 0 Å². The summed E-state index contributed by atoms with van der Waals surface area (Å²) in [6.45, 7) is 7.51. The molecule has 1 aliphatic rings. The predicted molar refractivity (Wildman–Crippen MR) is 82.0 cm³/mol. The summed E-state index contributed by atoms with van der Waals surface area (Å²) in [6, 6.07) is 8.90. The molecule has 0 heterocycles. The highest BCUT2D eigenvalue weighted by molar-refractivity contribution is 7.85. The molecule has 0 bridgehead atoms. The van der Waals surface area contributed by atoms with Crippen molar-refractivity contribution >= 4 is 10.8 Å². The lowest BCUT2D eigenvalue weighted by Gasteiger charge is -2.13. The van der Waals surface area contributed by atoms with Crippen LogP contribution < -0.4 is 5.32 Å². The Morgan fingerprint density at radius 1 is 1.26 bits per heavy atom. The third kappa shape index (κ3) is 3.67. The van der Waals surface area contributed by atoms with Gasteiger partial charge in [-0.15, -0.1) is 0 Å². The molecular formula is C16H25NOS. The normalized spacial score (nSPS) is 24.8. The lowest BCUT2D eigenvalue weighted by molar-refractivity contribution is 0.542. The molecule has 0 saturated heterocycles. The van der Waals surface area contributed by atoms with Crippen LogP contribution in [0, 0.1) is 0 Å². The molecule has 2 rings (SSSR count). The fraction of sp³-hybridized carbons (Fsp3) is 0.625. The van der Waals surface area contributed by atoms with Crippen LogP contribution in [0.4, 0.5) is 0 Å². The van der Waals surface area contributed by atoms with E-state index in [4.69, 9.17) is 0 Å². The van der Waals surface area contributed by atoms with Crippen LogP contribution in [0.3, 0.4) is 0 Å². The summed E-state index contributed by atoms with van der Waals surface area (Å²) in [5, 5.41) is 3.80. The fourth-order valence-corrected chi connectivity index (χ4v) is 4.33. The van der Waals surface area contributed by atoms with Crippen LogP contribution in [-0.2, 0) is 10.8 Å². The first kappa shape index (κ1) is 14.7. The Bertz CT molecular complexity index is 427. The summed E-state index contributed by atoms with van der Waals surface area (Å²) >= 11 is 0. The van der Waals surface area contributed by atoms with E-state index in [-0.39, 0.29) is 0 Å². The molecule has 19 heavy (non-hydrogen) atoms. The zero-order chi connectivity index (χ0) is 13.8. The van der Waals surface area contributed by atoms with Gasteiger partial charge in [0.05, 0.1) is 10.8 Å². The first-order valence-electron chi connectivity index (χ1n) is 7.35. The van der Waals surface area contributed by atoms with Crippen LogP contribution in [0.5, 0.6) is 0 Å². The first-order chi connectivity index (χ1) is 9.11. The van der Waals surface area contributed by atoms with Crippen molar-refractivity contribution in [1.29, 1.82) is 0 Å². The van der Waals surface area contributed by atoms with Crippen molar-refractivity contribution in [3.05, 3.63) is 29.8 Å². The molecule has 0 spiro atoms. The zero-order valence-corrected chi connectivity index (χ0v) is 13.0. The fourth-order valence-electron chi connectivity index (χ4n) is 2.79. The monoisotopic (exact) mass is 279 g/mol. The quantitative estimate of drug-likeness (QED) is 0.894. The second-order valence-corrected chi connectivity index (χ2v) is 7.44. The molecule has 1 saturated carbocycles. The summed E-state index contributed by atoms with van der Waals surface area (Å²) in [5.74, 6) is 0.534. The smallest absolute Gasteiger partial charge is 0.0561 e. The molecule has 0 amide bonds. The molecule has 1 aliphatic carbocycles. The van der Waals surface area contributed by atoms with E-state index in [9.17, 15) is 4.21 Å². The Morgan fingerprint density at radius 2 is 1.95 bits per heavy atom. The summed E-state index contributed by atoms with van der Waals surface area (Å²) in [7, 11) is -0.845. The van der Waals surface area contributed by atoms with Gasteiger partial charge in [-0.3, -0.25) is 4.21 Å². The molecule has 0 aliphatic heterocycles. The third-order valence-corrected chi connectivity index (χ3v) is 5.73. The van der Waals surface area contributed by atoms with E-state index < -0.39 is 10.8 Å². The Kier molecular flexibility index (Phi) is 5.17. The van der Waals surface area contributed by atoms with Crippen molar-refractivity contribution in [2.45, 2.75) is 62.1 Å². The van der Waals surface area contributed by atoms with E-state index in [1.54, 1.807) is 0 Å². The predicted octanol–water partition coefficient (Wildman–Crippen LogP) is 3.45. The van der Waals surface area contributed by atoms with E-state index >= 15 is 0 Å². The maximum Gasteiger partial charge on any atom is 0.0561 e. The second kappa shape index (κ2) is 6.67. The van der Waals surface area contributed by atoms with E-state index in [1.165, 1.54) is 5.56 Å².